The molecule has 0 saturated carbocycles. The van der Waals surface area contributed by atoms with Gasteiger partial charge in [0.15, 0.2) is 5.69 Å². The number of aromatic nitrogens is 2. The van der Waals surface area contributed by atoms with Gasteiger partial charge in [-0.3, -0.25) is 0 Å². The smallest absolute Gasteiger partial charge is 0.435 e. The molecule has 92 valence electrons. The summed E-state index contributed by atoms with van der Waals surface area (Å²) in [6.45, 7) is 3.79. The topological polar surface area (TPSA) is 27.1 Å². The van der Waals surface area contributed by atoms with Crippen molar-refractivity contribution in [3.05, 3.63) is 11.8 Å². The number of hydrogen-bond donors (Lipinski definition) is 0. The largest absolute Gasteiger partial charge is 0.477 e. The van der Waals surface area contributed by atoms with Crippen molar-refractivity contribution in [3.8, 4) is 5.88 Å². The van der Waals surface area contributed by atoms with Crippen LogP contribution in [0.3, 0.4) is 0 Å². The normalized spacial score (nSPS) is 12.2. The van der Waals surface area contributed by atoms with Crippen molar-refractivity contribution in [3.63, 3.8) is 0 Å². The number of hydrogen-bond acceptors (Lipinski definition) is 2. The molecule has 1 aromatic heterocycles. The second-order valence-electron chi connectivity index (χ2n) is 3.44. The second-order valence-corrected chi connectivity index (χ2v) is 4.23. The van der Waals surface area contributed by atoms with Gasteiger partial charge in [0.25, 0.3) is 0 Å². The van der Waals surface area contributed by atoms with E-state index in [1.54, 1.807) is 13.8 Å². The monoisotopic (exact) mass is 300 g/mol. The summed E-state index contributed by atoms with van der Waals surface area (Å²) >= 11 is 3.14. The molecule has 0 unspecified atom stereocenters. The van der Waals surface area contributed by atoms with E-state index in [0.717, 1.165) is 6.07 Å². The molecule has 1 rings (SSSR count). The van der Waals surface area contributed by atoms with Crippen molar-refractivity contribution in [2.24, 2.45) is 0 Å². The van der Waals surface area contributed by atoms with Gasteiger partial charge in [-0.2, -0.15) is 18.3 Å². The highest BCUT2D eigenvalue weighted by molar-refractivity contribution is 9.09. The van der Waals surface area contributed by atoms with Crippen LogP contribution in [-0.2, 0) is 6.18 Å². The Hall–Kier alpha value is -0.720. The zero-order valence-corrected chi connectivity index (χ0v) is 10.5. The highest BCUT2D eigenvalue weighted by Crippen LogP contribution is 2.31. The summed E-state index contributed by atoms with van der Waals surface area (Å²) in [6, 6.07) is 0.740. The van der Waals surface area contributed by atoms with Crippen LogP contribution in [0.4, 0.5) is 13.2 Å². The third-order valence-corrected chi connectivity index (χ3v) is 2.13. The predicted octanol–water partition coefficient (Wildman–Crippen LogP) is 3.26. The molecule has 0 fully saturated rings. The summed E-state index contributed by atoms with van der Waals surface area (Å²) in [6.07, 6.45) is -4.44. The molecule has 0 amide bonds. The first-order valence-electron chi connectivity index (χ1n) is 4.71. The lowest BCUT2D eigenvalue weighted by Crippen LogP contribution is -2.10. The minimum atomic E-state index is -4.44. The zero-order chi connectivity index (χ0) is 12.3. The minimum absolute atomic E-state index is 0.141. The van der Waals surface area contributed by atoms with Crippen LogP contribution in [0.1, 0.15) is 25.6 Å². The van der Waals surface area contributed by atoms with Crippen LogP contribution in [0.15, 0.2) is 6.07 Å². The average Bonchev–Trinajstić information content (AvgIpc) is 2.57. The van der Waals surface area contributed by atoms with Gasteiger partial charge in [0.2, 0.25) is 5.88 Å². The quantitative estimate of drug-likeness (QED) is 0.798. The van der Waals surface area contributed by atoms with Crippen molar-refractivity contribution < 1.29 is 17.9 Å². The van der Waals surface area contributed by atoms with Crippen LogP contribution in [0.25, 0.3) is 0 Å². The Bertz CT molecular complexity index is 349. The van der Waals surface area contributed by atoms with Crippen LogP contribution in [-0.4, -0.2) is 21.7 Å². The molecule has 7 heteroatoms. The van der Waals surface area contributed by atoms with Gasteiger partial charge in [0, 0.05) is 11.4 Å². The molecule has 0 atom stereocenters. The average molecular weight is 301 g/mol. The molecule has 1 aromatic rings. The number of nitrogens with zero attached hydrogens (tertiary/aromatic N) is 2. The molecule has 0 spiro atoms. The summed E-state index contributed by atoms with van der Waals surface area (Å²) < 4.78 is 43.7. The van der Waals surface area contributed by atoms with Crippen LogP contribution in [0.2, 0.25) is 0 Å². The SMILES string of the molecule is CC(C)n1nc(C(F)(F)F)cc1OCCBr. The number of halogens is 4. The Balaban J connectivity index is 3.00. The van der Waals surface area contributed by atoms with Crippen LogP contribution >= 0.6 is 15.9 Å². The number of alkyl halides is 4. The van der Waals surface area contributed by atoms with Gasteiger partial charge >= 0.3 is 6.18 Å². The summed E-state index contributed by atoms with van der Waals surface area (Å²) in [4.78, 5) is 0. The lowest BCUT2D eigenvalue weighted by Gasteiger charge is -2.10. The number of rotatable bonds is 4. The first-order chi connectivity index (χ1) is 7.36. The fraction of sp³-hybridized carbons (Fsp3) is 0.667. The maximum atomic E-state index is 12.4. The van der Waals surface area contributed by atoms with E-state index in [1.807, 2.05) is 0 Å². The summed E-state index contributed by atoms with van der Waals surface area (Å²) in [5.74, 6) is 0.141. The first kappa shape index (κ1) is 13.3. The maximum Gasteiger partial charge on any atom is 0.435 e. The van der Waals surface area contributed by atoms with Crippen molar-refractivity contribution in [1.29, 1.82) is 0 Å². The summed E-state index contributed by atoms with van der Waals surface area (Å²) in [7, 11) is 0. The fourth-order valence-electron chi connectivity index (χ4n) is 1.14. The molecule has 0 bridgehead atoms. The highest BCUT2D eigenvalue weighted by atomic mass is 79.9. The molecular formula is C9H12BrF3N2O. The van der Waals surface area contributed by atoms with E-state index in [2.05, 4.69) is 21.0 Å². The molecule has 0 aromatic carbocycles. The second kappa shape index (κ2) is 5.07. The molecule has 0 aliphatic rings. The molecule has 3 nitrogen and oxygen atoms in total. The minimum Gasteiger partial charge on any atom is -0.477 e. The van der Waals surface area contributed by atoms with Gasteiger partial charge in [-0.25, -0.2) is 4.68 Å². The molecule has 0 aliphatic carbocycles. The van der Waals surface area contributed by atoms with Crippen molar-refractivity contribution >= 4 is 15.9 Å². The van der Waals surface area contributed by atoms with Crippen molar-refractivity contribution in [1.82, 2.24) is 9.78 Å². The molecule has 0 aliphatic heterocycles. The standard InChI is InChI=1S/C9H12BrF3N2O/c1-6(2)15-8(16-4-3-10)5-7(14-15)9(11,12)13/h5-6H,3-4H2,1-2H3. The van der Waals surface area contributed by atoms with Gasteiger partial charge in [0.05, 0.1) is 12.6 Å². The van der Waals surface area contributed by atoms with Gasteiger partial charge in [0.1, 0.15) is 0 Å². The molecule has 0 radical (unpaired) electrons. The lowest BCUT2D eigenvalue weighted by molar-refractivity contribution is -0.141. The van der Waals surface area contributed by atoms with Crippen molar-refractivity contribution in [2.75, 3.05) is 11.9 Å². The van der Waals surface area contributed by atoms with E-state index in [4.69, 9.17) is 4.74 Å². The Morgan fingerprint density at radius 2 is 2.12 bits per heavy atom. The zero-order valence-electron chi connectivity index (χ0n) is 8.88. The Labute approximate surface area is 99.7 Å². The molecule has 0 saturated heterocycles. The van der Waals surface area contributed by atoms with Crippen LogP contribution in [0, 0.1) is 0 Å². The van der Waals surface area contributed by atoms with Gasteiger partial charge in [-0.05, 0) is 13.8 Å². The van der Waals surface area contributed by atoms with E-state index in [-0.39, 0.29) is 11.9 Å². The van der Waals surface area contributed by atoms with E-state index in [0.29, 0.717) is 11.9 Å². The molecule has 16 heavy (non-hydrogen) atoms. The van der Waals surface area contributed by atoms with Crippen LogP contribution < -0.4 is 4.74 Å². The summed E-state index contributed by atoms with van der Waals surface area (Å²) in [5, 5.41) is 4.04. The highest BCUT2D eigenvalue weighted by Gasteiger charge is 2.35. The van der Waals surface area contributed by atoms with E-state index < -0.39 is 11.9 Å². The first-order valence-corrected chi connectivity index (χ1v) is 5.84. The van der Waals surface area contributed by atoms with Gasteiger partial charge < -0.3 is 4.74 Å². The maximum absolute atomic E-state index is 12.4. The number of ether oxygens (including phenoxy) is 1. The molecular weight excluding hydrogens is 289 g/mol. The molecule has 0 N–H and O–H groups in total. The lowest BCUT2D eigenvalue weighted by atomic mass is 10.4. The Kier molecular flexibility index (Phi) is 4.23. The summed E-state index contributed by atoms with van der Waals surface area (Å²) in [5.41, 5.74) is -0.925. The Morgan fingerprint density at radius 1 is 1.50 bits per heavy atom. The van der Waals surface area contributed by atoms with Crippen molar-refractivity contribution in [2.45, 2.75) is 26.1 Å². The van der Waals surface area contributed by atoms with Crippen LogP contribution in [0.5, 0.6) is 5.88 Å². The van der Waals surface area contributed by atoms with Gasteiger partial charge in [-0.1, -0.05) is 15.9 Å². The third-order valence-electron chi connectivity index (χ3n) is 1.81. The van der Waals surface area contributed by atoms with E-state index >= 15 is 0 Å². The van der Waals surface area contributed by atoms with Gasteiger partial charge in [-0.15, -0.1) is 0 Å². The Morgan fingerprint density at radius 3 is 2.56 bits per heavy atom. The predicted molar refractivity (Wildman–Crippen MR) is 56.9 cm³/mol. The van der Waals surface area contributed by atoms with E-state index in [1.165, 1.54) is 4.68 Å². The molecule has 1 heterocycles. The fourth-order valence-corrected chi connectivity index (χ4v) is 1.30. The van der Waals surface area contributed by atoms with E-state index in [9.17, 15) is 13.2 Å². The third kappa shape index (κ3) is 3.13.